The fourth-order valence-corrected chi connectivity index (χ4v) is 2.24. The van der Waals surface area contributed by atoms with Crippen LogP contribution >= 0.6 is 0 Å². The Bertz CT molecular complexity index is 805. The Hall–Kier alpha value is -2.97. The van der Waals surface area contributed by atoms with Gasteiger partial charge in [-0.05, 0) is 17.7 Å². The number of fused-ring (bicyclic) bond motifs is 1. The average molecular weight is 320 g/mol. The summed E-state index contributed by atoms with van der Waals surface area (Å²) in [6.07, 6.45) is 1.52. The number of anilines is 2. The van der Waals surface area contributed by atoms with Crippen LogP contribution in [0.5, 0.6) is 5.75 Å². The van der Waals surface area contributed by atoms with E-state index in [-0.39, 0.29) is 11.7 Å². The van der Waals surface area contributed by atoms with E-state index in [4.69, 9.17) is 5.73 Å². The number of nitrogen functional groups attached to an aromatic ring is 1. The topological polar surface area (TPSA) is 92.9 Å². The fourth-order valence-electron chi connectivity index (χ4n) is 2.24. The summed E-state index contributed by atoms with van der Waals surface area (Å²) in [6, 6.07) is 6.41. The Morgan fingerprint density at radius 1 is 1.26 bits per heavy atom. The van der Waals surface area contributed by atoms with E-state index >= 15 is 0 Å². The summed E-state index contributed by atoms with van der Waals surface area (Å²) in [5, 5.41) is 0. The van der Waals surface area contributed by atoms with Gasteiger partial charge in [0.2, 0.25) is 5.95 Å². The van der Waals surface area contributed by atoms with Crippen molar-refractivity contribution >= 4 is 22.9 Å². The molecule has 120 valence electrons. The van der Waals surface area contributed by atoms with Crippen molar-refractivity contribution in [2.24, 2.45) is 0 Å². The van der Waals surface area contributed by atoms with Crippen LogP contribution in [0.3, 0.4) is 0 Å². The number of ether oxygens (including phenoxy) is 1. The molecule has 0 saturated carbocycles. The Labute approximate surface area is 130 Å². The number of imidazole rings is 1. The molecule has 23 heavy (non-hydrogen) atoms. The summed E-state index contributed by atoms with van der Waals surface area (Å²) >= 11 is 0. The first-order chi connectivity index (χ1) is 11.0. The fraction of sp³-hybridized carbons (Fsp3) is 0.214. The van der Waals surface area contributed by atoms with Crippen LogP contribution in [0.15, 0.2) is 30.6 Å². The summed E-state index contributed by atoms with van der Waals surface area (Å²) in [6.45, 7) is -2.33. The number of rotatable bonds is 5. The van der Waals surface area contributed by atoms with Crippen molar-refractivity contribution in [2.45, 2.75) is 13.2 Å². The minimum Gasteiger partial charge on any atom is -0.435 e. The molecule has 0 atom stereocenters. The van der Waals surface area contributed by atoms with Crippen molar-refractivity contribution in [1.29, 1.82) is 0 Å². The molecular weight excluding hydrogens is 306 g/mol. The second-order valence-electron chi connectivity index (χ2n) is 4.89. The van der Waals surface area contributed by atoms with E-state index in [9.17, 15) is 8.78 Å². The molecule has 9 heteroatoms. The lowest BCUT2D eigenvalue weighted by Gasteiger charge is -2.19. The highest BCUT2D eigenvalue weighted by molar-refractivity contribution is 5.83. The molecule has 3 N–H and O–H groups in total. The second kappa shape index (κ2) is 6.03. The van der Waals surface area contributed by atoms with Gasteiger partial charge in [0.15, 0.2) is 11.5 Å². The molecule has 1 aromatic carbocycles. The molecule has 0 radical (unpaired) electrons. The summed E-state index contributed by atoms with van der Waals surface area (Å²) < 4.78 is 28.6. The molecule has 2 heterocycles. The van der Waals surface area contributed by atoms with Gasteiger partial charge in [0, 0.05) is 13.6 Å². The monoisotopic (exact) mass is 320 g/mol. The minimum absolute atomic E-state index is 0.119. The molecule has 0 saturated heterocycles. The van der Waals surface area contributed by atoms with Crippen LogP contribution in [-0.4, -0.2) is 33.6 Å². The van der Waals surface area contributed by atoms with Crippen LogP contribution in [0.4, 0.5) is 20.5 Å². The molecule has 0 aliphatic rings. The number of halogens is 2. The Kier molecular flexibility index (Phi) is 3.92. The van der Waals surface area contributed by atoms with Crippen molar-refractivity contribution < 1.29 is 13.5 Å². The van der Waals surface area contributed by atoms with E-state index in [0.29, 0.717) is 23.5 Å². The van der Waals surface area contributed by atoms with Gasteiger partial charge in [0.25, 0.3) is 0 Å². The average Bonchev–Trinajstić information content (AvgIpc) is 2.95. The highest BCUT2D eigenvalue weighted by Gasteiger charge is 2.13. The molecule has 0 aliphatic carbocycles. The van der Waals surface area contributed by atoms with E-state index in [0.717, 1.165) is 5.56 Å². The Balaban J connectivity index is 1.80. The van der Waals surface area contributed by atoms with Crippen LogP contribution < -0.4 is 15.4 Å². The molecule has 3 aromatic rings. The van der Waals surface area contributed by atoms with Crippen LogP contribution in [0, 0.1) is 0 Å². The van der Waals surface area contributed by atoms with Gasteiger partial charge in [0.05, 0.1) is 6.33 Å². The molecule has 0 amide bonds. The van der Waals surface area contributed by atoms with Crippen molar-refractivity contribution in [3.63, 3.8) is 0 Å². The number of alkyl halides is 2. The number of benzene rings is 1. The quantitative estimate of drug-likeness (QED) is 0.748. The predicted octanol–water partition coefficient (Wildman–Crippen LogP) is 2.17. The number of aromatic amines is 1. The highest BCUT2D eigenvalue weighted by Crippen LogP contribution is 2.23. The lowest BCUT2D eigenvalue weighted by Crippen LogP contribution is -2.19. The van der Waals surface area contributed by atoms with Gasteiger partial charge in [-0.1, -0.05) is 12.1 Å². The molecule has 7 nitrogen and oxygen atoms in total. The molecule has 0 spiro atoms. The predicted molar refractivity (Wildman–Crippen MR) is 81.3 cm³/mol. The third-order valence-corrected chi connectivity index (χ3v) is 3.21. The molecule has 0 aliphatic heterocycles. The third kappa shape index (κ3) is 3.28. The normalized spacial score (nSPS) is 11.1. The number of aromatic nitrogens is 4. The van der Waals surface area contributed by atoms with Crippen molar-refractivity contribution in [3.05, 3.63) is 36.2 Å². The van der Waals surface area contributed by atoms with Crippen LogP contribution in [0.25, 0.3) is 11.2 Å². The van der Waals surface area contributed by atoms with Crippen molar-refractivity contribution in [3.8, 4) is 5.75 Å². The first-order valence-corrected chi connectivity index (χ1v) is 6.74. The maximum atomic E-state index is 12.1. The molecule has 0 unspecified atom stereocenters. The zero-order valence-electron chi connectivity index (χ0n) is 12.2. The van der Waals surface area contributed by atoms with Crippen molar-refractivity contribution in [1.82, 2.24) is 19.9 Å². The molecular formula is C14H14F2N6O. The van der Waals surface area contributed by atoms with Crippen molar-refractivity contribution in [2.75, 3.05) is 17.7 Å². The maximum Gasteiger partial charge on any atom is 0.387 e. The van der Waals surface area contributed by atoms with E-state index in [2.05, 4.69) is 24.7 Å². The zero-order chi connectivity index (χ0) is 16.4. The Morgan fingerprint density at radius 2 is 2.00 bits per heavy atom. The minimum atomic E-state index is -2.83. The lowest BCUT2D eigenvalue weighted by molar-refractivity contribution is -0.0498. The van der Waals surface area contributed by atoms with Gasteiger partial charge in [-0.25, -0.2) is 4.98 Å². The van der Waals surface area contributed by atoms with Gasteiger partial charge >= 0.3 is 6.61 Å². The van der Waals surface area contributed by atoms with E-state index in [1.54, 1.807) is 12.1 Å². The van der Waals surface area contributed by atoms with Gasteiger partial charge in [-0.15, -0.1) is 0 Å². The number of nitrogens with two attached hydrogens (primary N) is 1. The van der Waals surface area contributed by atoms with Gasteiger partial charge in [0.1, 0.15) is 11.3 Å². The number of nitrogens with one attached hydrogen (secondary N) is 1. The van der Waals surface area contributed by atoms with Gasteiger partial charge in [-0.2, -0.15) is 18.7 Å². The molecule has 3 rings (SSSR count). The van der Waals surface area contributed by atoms with Crippen LogP contribution in [-0.2, 0) is 6.54 Å². The molecule has 0 bridgehead atoms. The molecule has 2 aromatic heterocycles. The smallest absolute Gasteiger partial charge is 0.387 e. The number of hydrogen-bond donors (Lipinski definition) is 2. The van der Waals surface area contributed by atoms with Gasteiger partial charge < -0.3 is 20.4 Å². The SMILES string of the molecule is CN(Cc1ccc(OC(F)F)cc1)c1nc(N)nc2nc[nH]c12. The molecule has 0 fully saturated rings. The second-order valence-corrected chi connectivity index (χ2v) is 4.89. The zero-order valence-corrected chi connectivity index (χ0v) is 12.2. The standard InChI is InChI=1S/C14H14F2N6O/c1-22(6-8-2-4-9(5-3-8)23-13(15)16)12-10-11(19-7-18-10)20-14(17)21-12/h2-5,7,13H,6H2,1H3,(H3,17,18,19,20,21). The van der Waals surface area contributed by atoms with E-state index in [1.807, 2.05) is 11.9 Å². The summed E-state index contributed by atoms with van der Waals surface area (Å²) in [7, 11) is 1.84. The van der Waals surface area contributed by atoms with E-state index < -0.39 is 6.61 Å². The largest absolute Gasteiger partial charge is 0.435 e. The Morgan fingerprint density at radius 3 is 2.70 bits per heavy atom. The van der Waals surface area contributed by atoms with Gasteiger partial charge in [-0.3, -0.25) is 0 Å². The van der Waals surface area contributed by atoms with Crippen LogP contribution in [0.1, 0.15) is 5.56 Å². The lowest BCUT2D eigenvalue weighted by atomic mass is 10.2. The maximum absolute atomic E-state index is 12.1. The third-order valence-electron chi connectivity index (χ3n) is 3.21. The summed E-state index contributed by atoms with van der Waals surface area (Å²) in [5.41, 5.74) is 7.76. The van der Waals surface area contributed by atoms with E-state index in [1.165, 1.54) is 18.5 Å². The van der Waals surface area contributed by atoms with Crippen LogP contribution in [0.2, 0.25) is 0 Å². The first-order valence-electron chi connectivity index (χ1n) is 6.74. The highest BCUT2D eigenvalue weighted by atomic mass is 19.3. The summed E-state index contributed by atoms with van der Waals surface area (Å²) in [4.78, 5) is 17.2. The first kappa shape index (κ1) is 14.9. The summed E-state index contributed by atoms with van der Waals surface area (Å²) in [5.74, 6) is 0.860. The number of hydrogen-bond acceptors (Lipinski definition) is 6. The number of nitrogens with zero attached hydrogens (tertiary/aromatic N) is 4. The number of H-pyrrole nitrogens is 1.